The minimum absolute atomic E-state index is 0.492. The number of rotatable bonds is 7. The van der Waals surface area contributed by atoms with Gasteiger partial charge in [0, 0.05) is 31.6 Å². The molecule has 27 heavy (non-hydrogen) atoms. The van der Waals surface area contributed by atoms with Crippen LogP contribution in [-0.4, -0.2) is 27.4 Å². The first-order valence-electron chi connectivity index (χ1n) is 8.82. The first-order chi connectivity index (χ1) is 13.2. The van der Waals surface area contributed by atoms with Crippen LogP contribution in [0.5, 0.6) is 11.5 Å². The van der Waals surface area contributed by atoms with Crippen LogP contribution in [0.4, 0.5) is 11.4 Å². The lowest BCUT2D eigenvalue weighted by Crippen LogP contribution is -2.07. The molecular weight excluding hydrogens is 336 g/mol. The number of anilines is 1. The highest BCUT2D eigenvalue weighted by atomic mass is 16.5. The summed E-state index contributed by atoms with van der Waals surface area (Å²) in [4.78, 5) is 6.64. The summed E-state index contributed by atoms with van der Waals surface area (Å²) in [5.41, 5.74) is 4.09. The van der Waals surface area contributed by atoms with Crippen LogP contribution >= 0.6 is 0 Å². The van der Waals surface area contributed by atoms with Crippen molar-refractivity contribution in [3.63, 3.8) is 0 Å². The molecule has 0 aliphatic heterocycles. The fraction of sp³-hybridized carbons (Fsp3) is 0.174. The molecule has 0 unspecified atom stereocenters. The lowest BCUT2D eigenvalue weighted by Gasteiger charge is -2.11. The molecule has 3 rings (SSSR count). The third-order valence-electron chi connectivity index (χ3n) is 4.19. The van der Waals surface area contributed by atoms with Crippen LogP contribution in [0.2, 0.25) is 0 Å². The topological polar surface area (TPSA) is 34.1 Å². The minimum Gasteiger partial charge on any atom is -0.497 e. The summed E-state index contributed by atoms with van der Waals surface area (Å²) < 4.78 is 11.2. The number of hydrogen-bond donors (Lipinski definition) is 0. The molecule has 0 fully saturated rings. The van der Waals surface area contributed by atoms with Gasteiger partial charge in [-0.25, -0.2) is 0 Å². The first-order valence-corrected chi connectivity index (χ1v) is 8.82. The van der Waals surface area contributed by atoms with Gasteiger partial charge >= 0.3 is 0 Å². The highest BCUT2D eigenvalue weighted by molar-refractivity contribution is 5.85. The van der Waals surface area contributed by atoms with Gasteiger partial charge in [0.1, 0.15) is 18.1 Å². The van der Waals surface area contributed by atoms with E-state index in [4.69, 9.17) is 9.47 Å². The van der Waals surface area contributed by atoms with Crippen molar-refractivity contribution < 1.29 is 9.47 Å². The summed E-state index contributed by atoms with van der Waals surface area (Å²) in [6.07, 6.45) is 1.84. The molecule has 0 aliphatic rings. The predicted octanol–water partition coefficient (Wildman–Crippen LogP) is 5.09. The average Bonchev–Trinajstić information content (AvgIpc) is 2.72. The molecule has 0 spiro atoms. The lowest BCUT2D eigenvalue weighted by atomic mass is 10.2. The van der Waals surface area contributed by atoms with Crippen LogP contribution in [0.25, 0.3) is 0 Å². The summed E-state index contributed by atoms with van der Waals surface area (Å²) in [5.74, 6) is 1.65. The Labute approximate surface area is 160 Å². The van der Waals surface area contributed by atoms with E-state index in [2.05, 4.69) is 22.0 Å². The average molecular weight is 360 g/mol. The van der Waals surface area contributed by atoms with Crippen molar-refractivity contribution in [1.29, 1.82) is 0 Å². The number of hydrogen-bond acceptors (Lipinski definition) is 4. The molecule has 0 aliphatic carbocycles. The van der Waals surface area contributed by atoms with E-state index in [1.165, 1.54) is 0 Å². The zero-order chi connectivity index (χ0) is 19.1. The van der Waals surface area contributed by atoms with E-state index in [0.29, 0.717) is 6.61 Å². The SMILES string of the molecule is COc1ccc(COc2ccccc2/C=N\c2ccc(N(C)C)cc2)cc1. The van der Waals surface area contributed by atoms with Crippen LogP contribution in [0, 0.1) is 0 Å². The van der Waals surface area contributed by atoms with E-state index in [0.717, 1.165) is 34.0 Å². The fourth-order valence-electron chi connectivity index (χ4n) is 2.58. The Morgan fingerprint density at radius 3 is 2.26 bits per heavy atom. The van der Waals surface area contributed by atoms with Gasteiger partial charge in [-0.15, -0.1) is 0 Å². The second-order valence-corrected chi connectivity index (χ2v) is 6.34. The van der Waals surface area contributed by atoms with Gasteiger partial charge in [0.05, 0.1) is 12.8 Å². The molecule has 3 aromatic carbocycles. The van der Waals surface area contributed by atoms with Crippen LogP contribution in [-0.2, 0) is 6.61 Å². The van der Waals surface area contributed by atoms with Crippen LogP contribution < -0.4 is 14.4 Å². The second-order valence-electron chi connectivity index (χ2n) is 6.34. The number of aliphatic imine (C=N–C) groups is 1. The molecule has 4 heteroatoms. The number of nitrogens with zero attached hydrogens (tertiary/aromatic N) is 2. The predicted molar refractivity (Wildman–Crippen MR) is 112 cm³/mol. The zero-order valence-electron chi connectivity index (χ0n) is 15.9. The molecule has 0 saturated carbocycles. The Balaban J connectivity index is 1.69. The number of benzene rings is 3. The van der Waals surface area contributed by atoms with Crippen LogP contribution in [0.15, 0.2) is 77.8 Å². The Hall–Kier alpha value is -3.27. The van der Waals surface area contributed by atoms with Gasteiger partial charge in [0.25, 0.3) is 0 Å². The van der Waals surface area contributed by atoms with E-state index in [9.17, 15) is 0 Å². The summed E-state index contributed by atoms with van der Waals surface area (Å²) in [6.45, 7) is 0.492. The molecule has 0 bridgehead atoms. The van der Waals surface area contributed by atoms with Gasteiger partial charge in [-0.2, -0.15) is 0 Å². The molecule has 138 valence electrons. The molecule has 0 radical (unpaired) electrons. The van der Waals surface area contributed by atoms with Gasteiger partial charge in [-0.1, -0.05) is 24.3 Å². The standard InChI is InChI=1S/C23H24N2O2/c1-25(2)21-12-10-20(11-13-21)24-16-19-6-4-5-7-23(19)27-17-18-8-14-22(26-3)15-9-18/h4-16H,17H2,1-3H3/b24-16-. The van der Waals surface area contributed by atoms with Crippen molar-refractivity contribution in [2.24, 2.45) is 4.99 Å². The molecule has 0 N–H and O–H groups in total. The highest BCUT2D eigenvalue weighted by Gasteiger charge is 2.02. The van der Waals surface area contributed by atoms with Crippen molar-refractivity contribution in [1.82, 2.24) is 0 Å². The molecule has 4 nitrogen and oxygen atoms in total. The maximum atomic E-state index is 6.00. The van der Waals surface area contributed by atoms with Gasteiger partial charge in [0.2, 0.25) is 0 Å². The highest BCUT2D eigenvalue weighted by Crippen LogP contribution is 2.21. The van der Waals surface area contributed by atoms with E-state index >= 15 is 0 Å². The van der Waals surface area contributed by atoms with Crippen molar-refractivity contribution in [3.8, 4) is 11.5 Å². The maximum Gasteiger partial charge on any atom is 0.128 e. The zero-order valence-corrected chi connectivity index (χ0v) is 15.9. The van der Waals surface area contributed by atoms with E-state index in [-0.39, 0.29) is 0 Å². The molecule has 0 atom stereocenters. The van der Waals surface area contributed by atoms with Gasteiger partial charge in [-0.05, 0) is 54.1 Å². The van der Waals surface area contributed by atoms with Crippen molar-refractivity contribution >= 4 is 17.6 Å². The summed E-state index contributed by atoms with van der Waals surface area (Å²) >= 11 is 0. The summed E-state index contributed by atoms with van der Waals surface area (Å²) in [6, 6.07) is 23.9. The Morgan fingerprint density at radius 2 is 1.59 bits per heavy atom. The van der Waals surface area contributed by atoms with Crippen molar-refractivity contribution in [2.75, 3.05) is 26.1 Å². The van der Waals surface area contributed by atoms with Crippen molar-refractivity contribution in [2.45, 2.75) is 6.61 Å². The molecule has 0 saturated heterocycles. The first kappa shape index (κ1) is 18.5. The Bertz CT molecular complexity index is 885. The molecule has 0 heterocycles. The lowest BCUT2D eigenvalue weighted by molar-refractivity contribution is 0.305. The van der Waals surface area contributed by atoms with E-state index < -0.39 is 0 Å². The van der Waals surface area contributed by atoms with Crippen LogP contribution in [0.1, 0.15) is 11.1 Å². The van der Waals surface area contributed by atoms with Gasteiger partial charge < -0.3 is 14.4 Å². The number of ether oxygens (including phenoxy) is 2. The Morgan fingerprint density at radius 1 is 0.889 bits per heavy atom. The van der Waals surface area contributed by atoms with E-state index in [1.807, 2.05) is 81.0 Å². The summed E-state index contributed by atoms with van der Waals surface area (Å²) in [7, 11) is 5.71. The fourth-order valence-corrected chi connectivity index (χ4v) is 2.58. The number of methoxy groups -OCH3 is 1. The van der Waals surface area contributed by atoms with Gasteiger partial charge in [-0.3, -0.25) is 4.99 Å². The molecule has 0 aromatic heterocycles. The monoisotopic (exact) mass is 360 g/mol. The third-order valence-corrected chi connectivity index (χ3v) is 4.19. The molecular formula is C23H24N2O2. The third kappa shape index (κ3) is 5.11. The molecule has 0 amide bonds. The van der Waals surface area contributed by atoms with E-state index in [1.54, 1.807) is 7.11 Å². The largest absolute Gasteiger partial charge is 0.497 e. The maximum absolute atomic E-state index is 6.00. The second kappa shape index (κ2) is 8.90. The van der Waals surface area contributed by atoms with Gasteiger partial charge in [0.15, 0.2) is 0 Å². The quantitative estimate of drug-likeness (QED) is 0.550. The number of para-hydroxylation sites is 1. The Kier molecular flexibility index (Phi) is 6.10. The van der Waals surface area contributed by atoms with Crippen LogP contribution in [0.3, 0.4) is 0 Å². The summed E-state index contributed by atoms with van der Waals surface area (Å²) in [5, 5.41) is 0. The smallest absolute Gasteiger partial charge is 0.128 e. The molecule has 3 aromatic rings. The normalized spacial score (nSPS) is 10.8. The van der Waals surface area contributed by atoms with Crippen molar-refractivity contribution in [3.05, 3.63) is 83.9 Å². The minimum atomic E-state index is 0.492.